The van der Waals surface area contributed by atoms with Crippen LogP contribution in [0.5, 0.6) is 0 Å². The fraction of sp³-hybridized carbons (Fsp3) is 0.200. The SMILES string of the molecule is NC(=O)CSCc1nc2ccc([N+](=O)[O-])cc2[nH]1. The number of nitrogens with zero attached hydrogens (tertiary/aromatic N) is 2. The fourth-order valence-electron chi connectivity index (χ4n) is 1.48. The molecule has 8 heteroatoms. The minimum absolute atomic E-state index is 0.0162. The Kier molecular flexibility index (Phi) is 3.47. The van der Waals surface area contributed by atoms with Crippen LogP contribution in [0.3, 0.4) is 0 Å². The highest BCUT2D eigenvalue weighted by Gasteiger charge is 2.09. The van der Waals surface area contributed by atoms with Gasteiger partial charge >= 0.3 is 0 Å². The highest BCUT2D eigenvalue weighted by atomic mass is 32.2. The van der Waals surface area contributed by atoms with Crippen molar-refractivity contribution in [3.63, 3.8) is 0 Å². The van der Waals surface area contributed by atoms with Crippen LogP contribution in [-0.2, 0) is 10.5 Å². The summed E-state index contributed by atoms with van der Waals surface area (Å²) in [6, 6.07) is 4.43. The number of nitrogens with one attached hydrogen (secondary N) is 1. The number of aromatic amines is 1. The smallest absolute Gasteiger partial charge is 0.271 e. The van der Waals surface area contributed by atoms with Gasteiger partial charge in [0.15, 0.2) is 0 Å². The number of carbonyl (C=O) groups is 1. The molecule has 94 valence electrons. The molecular formula is C10H10N4O3S. The lowest BCUT2D eigenvalue weighted by Gasteiger charge is -1.93. The molecule has 1 aromatic heterocycles. The van der Waals surface area contributed by atoms with Gasteiger partial charge in [0.05, 0.1) is 27.5 Å². The fourth-order valence-corrected chi connectivity index (χ4v) is 2.11. The zero-order valence-corrected chi connectivity index (χ0v) is 10.1. The maximum absolute atomic E-state index is 10.6. The van der Waals surface area contributed by atoms with Gasteiger partial charge in [-0.3, -0.25) is 14.9 Å². The molecule has 3 N–H and O–H groups in total. The van der Waals surface area contributed by atoms with Gasteiger partial charge in [0.25, 0.3) is 5.69 Å². The van der Waals surface area contributed by atoms with E-state index in [1.807, 2.05) is 0 Å². The van der Waals surface area contributed by atoms with Gasteiger partial charge < -0.3 is 10.7 Å². The normalized spacial score (nSPS) is 10.7. The number of H-pyrrole nitrogens is 1. The van der Waals surface area contributed by atoms with Crippen molar-refractivity contribution >= 4 is 34.4 Å². The van der Waals surface area contributed by atoms with Crippen LogP contribution in [-0.4, -0.2) is 26.6 Å². The van der Waals surface area contributed by atoms with Crippen molar-refractivity contribution in [2.45, 2.75) is 5.75 Å². The zero-order valence-electron chi connectivity index (χ0n) is 9.25. The summed E-state index contributed by atoms with van der Waals surface area (Å²) in [7, 11) is 0. The standard InChI is InChI=1S/C10H10N4O3S/c11-9(15)4-18-5-10-12-7-2-1-6(14(16)17)3-8(7)13-10/h1-3H,4-5H2,(H2,11,15)(H,12,13). The molecule has 0 bridgehead atoms. The number of nitro benzene ring substituents is 1. The molecule has 0 aliphatic rings. The number of thioether (sulfide) groups is 1. The Morgan fingerprint density at radius 1 is 1.56 bits per heavy atom. The Bertz CT molecular complexity index is 610. The summed E-state index contributed by atoms with van der Waals surface area (Å²) in [5.74, 6) is 1.01. The molecule has 0 saturated heterocycles. The number of hydrogen-bond acceptors (Lipinski definition) is 5. The number of imidazole rings is 1. The summed E-state index contributed by atoms with van der Waals surface area (Å²) in [5, 5.41) is 10.6. The van der Waals surface area contributed by atoms with Crippen LogP contribution in [0.25, 0.3) is 11.0 Å². The first-order valence-electron chi connectivity index (χ1n) is 5.05. The molecule has 0 radical (unpaired) electrons. The van der Waals surface area contributed by atoms with E-state index in [0.29, 0.717) is 22.6 Å². The van der Waals surface area contributed by atoms with Crippen molar-refractivity contribution in [3.8, 4) is 0 Å². The first-order chi connectivity index (χ1) is 8.56. The highest BCUT2D eigenvalue weighted by molar-refractivity contribution is 7.99. The van der Waals surface area contributed by atoms with Crippen LogP contribution in [0.1, 0.15) is 5.82 Å². The Morgan fingerprint density at radius 2 is 2.33 bits per heavy atom. The van der Waals surface area contributed by atoms with Gasteiger partial charge in [-0.2, -0.15) is 0 Å². The largest absolute Gasteiger partial charge is 0.369 e. The highest BCUT2D eigenvalue weighted by Crippen LogP contribution is 2.20. The Balaban J connectivity index is 2.16. The van der Waals surface area contributed by atoms with Gasteiger partial charge in [0.1, 0.15) is 5.82 Å². The van der Waals surface area contributed by atoms with E-state index in [9.17, 15) is 14.9 Å². The van der Waals surface area contributed by atoms with Gasteiger partial charge in [-0.15, -0.1) is 11.8 Å². The molecule has 0 aliphatic carbocycles. The molecule has 1 heterocycles. The quantitative estimate of drug-likeness (QED) is 0.623. The first kappa shape index (κ1) is 12.4. The molecule has 0 aliphatic heterocycles. The second-order valence-corrected chi connectivity index (χ2v) is 4.59. The van der Waals surface area contributed by atoms with Crippen LogP contribution in [0.4, 0.5) is 5.69 Å². The molecule has 7 nitrogen and oxygen atoms in total. The summed E-state index contributed by atoms with van der Waals surface area (Å²) in [6.45, 7) is 0. The molecule has 0 spiro atoms. The summed E-state index contributed by atoms with van der Waals surface area (Å²) in [5.41, 5.74) is 6.31. The predicted octanol–water partition coefficient (Wildman–Crippen LogP) is 1.19. The van der Waals surface area contributed by atoms with E-state index < -0.39 is 4.92 Å². The van der Waals surface area contributed by atoms with E-state index in [1.165, 1.54) is 23.9 Å². The van der Waals surface area contributed by atoms with Gasteiger partial charge in [0, 0.05) is 12.1 Å². The summed E-state index contributed by atoms with van der Waals surface area (Å²) in [4.78, 5) is 28.0. The molecular weight excluding hydrogens is 256 g/mol. The van der Waals surface area contributed by atoms with Gasteiger partial charge in [-0.1, -0.05) is 0 Å². The Morgan fingerprint density at radius 3 is 3.00 bits per heavy atom. The van der Waals surface area contributed by atoms with E-state index >= 15 is 0 Å². The number of non-ortho nitro benzene ring substituents is 1. The van der Waals surface area contributed by atoms with Crippen LogP contribution in [0, 0.1) is 10.1 Å². The molecule has 0 fully saturated rings. The number of amides is 1. The Labute approximate surface area is 106 Å². The monoisotopic (exact) mass is 266 g/mol. The number of primary amides is 1. The van der Waals surface area contributed by atoms with Crippen molar-refractivity contribution in [2.75, 3.05) is 5.75 Å². The lowest BCUT2D eigenvalue weighted by atomic mass is 10.3. The first-order valence-corrected chi connectivity index (χ1v) is 6.21. The van der Waals surface area contributed by atoms with E-state index in [-0.39, 0.29) is 17.3 Å². The van der Waals surface area contributed by atoms with Gasteiger partial charge in [-0.05, 0) is 6.07 Å². The van der Waals surface area contributed by atoms with Gasteiger partial charge in [-0.25, -0.2) is 4.98 Å². The number of fused-ring (bicyclic) bond motifs is 1. The minimum Gasteiger partial charge on any atom is -0.369 e. The van der Waals surface area contributed by atoms with Crippen molar-refractivity contribution in [3.05, 3.63) is 34.1 Å². The number of hydrogen-bond donors (Lipinski definition) is 2. The third-order valence-corrected chi connectivity index (χ3v) is 3.17. The average molecular weight is 266 g/mol. The zero-order chi connectivity index (χ0) is 13.1. The van der Waals surface area contributed by atoms with E-state index in [0.717, 1.165) is 0 Å². The van der Waals surface area contributed by atoms with Crippen LogP contribution in [0.15, 0.2) is 18.2 Å². The van der Waals surface area contributed by atoms with Crippen molar-refractivity contribution in [2.24, 2.45) is 5.73 Å². The minimum atomic E-state index is -0.457. The number of nitro groups is 1. The molecule has 1 amide bonds. The predicted molar refractivity (Wildman–Crippen MR) is 68.1 cm³/mol. The number of nitrogens with two attached hydrogens (primary N) is 1. The number of aromatic nitrogens is 2. The van der Waals surface area contributed by atoms with Crippen molar-refractivity contribution < 1.29 is 9.72 Å². The molecule has 0 atom stereocenters. The number of benzene rings is 1. The summed E-state index contributed by atoms with van der Waals surface area (Å²) >= 11 is 1.34. The summed E-state index contributed by atoms with van der Waals surface area (Å²) < 4.78 is 0. The Hall–Kier alpha value is -2.09. The number of carbonyl (C=O) groups excluding carboxylic acids is 1. The molecule has 1 aromatic carbocycles. The molecule has 2 rings (SSSR count). The van der Waals surface area contributed by atoms with Gasteiger partial charge in [0.2, 0.25) is 5.91 Å². The molecule has 2 aromatic rings. The van der Waals surface area contributed by atoms with E-state index in [4.69, 9.17) is 5.73 Å². The van der Waals surface area contributed by atoms with Crippen LogP contribution in [0.2, 0.25) is 0 Å². The molecule has 0 unspecified atom stereocenters. The number of rotatable bonds is 5. The third-order valence-electron chi connectivity index (χ3n) is 2.21. The van der Waals surface area contributed by atoms with E-state index in [1.54, 1.807) is 6.07 Å². The van der Waals surface area contributed by atoms with Crippen LogP contribution < -0.4 is 5.73 Å². The topological polar surface area (TPSA) is 115 Å². The van der Waals surface area contributed by atoms with Crippen LogP contribution >= 0.6 is 11.8 Å². The van der Waals surface area contributed by atoms with Crippen molar-refractivity contribution in [1.82, 2.24) is 9.97 Å². The molecule has 0 saturated carbocycles. The maximum Gasteiger partial charge on any atom is 0.271 e. The third kappa shape index (κ3) is 2.77. The second-order valence-electron chi connectivity index (χ2n) is 3.60. The summed E-state index contributed by atoms with van der Waals surface area (Å²) in [6.07, 6.45) is 0. The van der Waals surface area contributed by atoms with E-state index in [2.05, 4.69) is 9.97 Å². The molecule has 18 heavy (non-hydrogen) atoms. The second kappa shape index (κ2) is 5.05. The lowest BCUT2D eigenvalue weighted by Crippen LogP contribution is -2.13. The van der Waals surface area contributed by atoms with Crippen molar-refractivity contribution in [1.29, 1.82) is 0 Å². The lowest BCUT2D eigenvalue weighted by molar-refractivity contribution is -0.384. The average Bonchev–Trinajstić information content (AvgIpc) is 2.69. The maximum atomic E-state index is 10.6.